The lowest BCUT2D eigenvalue weighted by Crippen LogP contribution is -1.69. The van der Waals surface area contributed by atoms with Gasteiger partial charge in [-0.2, -0.15) is 0 Å². The van der Waals surface area contributed by atoms with E-state index in [4.69, 9.17) is 4.42 Å². The van der Waals surface area contributed by atoms with Crippen LogP contribution in [0.25, 0.3) is 21.5 Å². The summed E-state index contributed by atoms with van der Waals surface area (Å²) in [6, 6.07) is 0. The van der Waals surface area contributed by atoms with Crippen LogP contribution in [-0.2, 0) is 0 Å². The van der Waals surface area contributed by atoms with Crippen LogP contribution in [0.15, 0.2) is 9.80 Å². The van der Waals surface area contributed by atoms with Crippen molar-refractivity contribution in [1.29, 1.82) is 0 Å². The lowest BCUT2D eigenvalue weighted by atomic mass is 10.5. The third-order valence-corrected chi connectivity index (χ3v) is 2.37. The van der Waals surface area contributed by atoms with Gasteiger partial charge in [-0.05, 0) is 0 Å². The molecule has 0 radical (unpaired) electrons. The number of thiophene rings is 1. The third-order valence-electron chi connectivity index (χ3n) is 1.43. The summed E-state index contributed by atoms with van der Waals surface area (Å²) in [5.41, 5.74) is 2.72. The molecule has 0 amide bonds. The van der Waals surface area contributed by atoms with Gasteiger partial charge in [0, 0.05) is 5.38 Å². The van der Waals surface area contributed by atoms with Crippen LogP contribution in [0.3, 0.4) is 0 Å². The Hall–Kier alpha value is -1.03. The highest BCUT2D eigenvalue weighted by Crippen LogP contribution is 2.33. The number of H-pyrrole nitrogens is 1. The molecule has 3 nitrogen and oxygen atoms in total. The minimum atomic E-state index is 0.743. The van der Waals surface area contributed by atoms with E-state index < -0.39 is 0 Å². The highest BCUT2D eigenvalue weighted by atomic mass is 32.1. The summed E-state index contributed by atoms with van der Waals surface area (Å²) in [5, 5.41) is 8.75. The molecule has 4 bridgehead atoms. The zero-order chi connectivity index (χ0) is 5.84. The number of nitrogens with one attached hydrogen (secondary N) is 1. The summed E-state index contributed by atoms with van der Waals surface area (Å²) in [7, 11) is 0. The largest absolute Gasteiger partial charge is 0.433 e. The summed E-state index contributed by atoms with van der Waals surface area (Å²) < 4.78 is 6.36. The molecule has 3 heterocycles. The monoisotopic (exact) mass is 138 g/mol. The van der Waals surface area contributed by atoms with Gasteiger partial charge in [0.1, 0.15) is 10.2 Å². The third kappa shape index (κ3) is 0.276. The first-order valence-corrected chi connectivity index (χ1v) is 3.46. The Labute approximate surface area is 53.6 Å². The maximum absolute atomic E-state index is 5.21. The van der Waals surface area contributed by atoms with E-state index in [1.54, 1.807) is 11.3 Å². The normalized spacial score (nSPS) is 12.4. The van der Waals surface area contributed by atoms with Gasteiger partial charge in [-0.25, -0.2) is 0 Å². The van der Waals surface area contributed by atoms with E-state index in [2.05, 4.69) is 10.2 Å². The van der Waals surface area contributed by atoms with E-state index in [1.807, 2.05) is 5.38 Å². The number of furan rings is 1. The van der Waals surface area contributed by atoms with Gasteiger partial charge >= 0.3 is 0 Å². The van der Waals surface area contributed by atoms with Crippen molar-refractivity contribution in [3.8, 4) is 0 Å². The van der Waals surface area contributed by atoms with Crippen molar-refractivity contribution in [2.75, 3.05) is 0 Å². The van der Waals surface area contributed by atoms with Gasteiger partial charge in [0.2, 0.25) is 0 Å². The molecule has 0 aliphatic rings. The number of rotatable bonds is 0. The van der Waals surface area contributed by atoms with Crippen LogP contribution in [0.4, 0.5) is 0 Å². The Morgan fingerprint density at radius 3 is 3.22 bits per heavy atom. The molecule has 0 aliphatic carbocycles. The van der Waals surface area contributed by atoms with Crippen LogP contribution >= 0.6 is 11.3 Å². The van der Waals surface area contributed by atoms with Crippen LogP contribution in [-0.4, -0.2) is 10.2 Å². The molecule has 0 spiro atoms. The molecule has 0 aliphatic heterocycles. The molecule has 0 fully saturated rings. The molecule has 3 rings (SSSR count). The van der Waals surface area contributed by atoms with Crippen LogP contribution < -0.4 is 0 Å². The zero-order valence-corrected chi connectivity index (χ0v) is 5.16. The average molecular weight is 138 g/mol. The minimum absolute atomic E-state index is 0.743. The predicted molar refractivity (Wildman–Crippen MR) is 34.9 cm³/mol. The van der Waals surface area contributed by atoms with Crippen LogP contribution in [0.5, 0.6) is 0 Å². The molecule has 4 heteroatoms. The molecule has 9 heavy (non-hydrogen) atoms. The van der Waals surface area contributed by atoms with Crippen molar-refractivity contribution >= 4 is 32.8 Å². The van der Waals surface area contributed by atoms with Crippen molar-refractivity contribution in [1.82, 2.24) is 10.2 Å². The Balaban J connectivity index is 3.03. The second-order valence-electron chi connectivity index (χ2n) is 1.93. The number of hydrogen-bond donors (Lipinski definition) is 1. The lowest BCUT2D eigenvalue weighted by Gasteiger charge is -1.80. The Kier molecular flexibility index (Phi) is 0.422. The fourth-order valence-electron chi connectivity index (χ4n) is 1.01. The highest BCUT2D eigenvalue weighted by molar-refractivity contribution is 7.19. The first-order chi connectivity index (χ1) is 4.45. The van der Waals surface area contributed by atoms with Crippen molar-refractivity contribution in [3.63, 3.8) is 0 Å². The van der Waals surface area contributed by atoms with Crippen LogP contribution in [0.1, 0.15) is 0 Å². The highest BCUT2D eigenvalue weighted by Gasteiger charge is 2.13. The molecular weight excluding hydrogens is 136 g/mol. The van der Waals surface area contributed by atoms with Gasteiger partial charge in [-0.3, -0.25) is 5.10 Å². The van der Waals surface area contributed by atoms with E-state index >= 15 is 0 Å². The van der Waals surface area contributed by atoms with Crippen molar-refractivity contribution in [2.24, 2.45) is 0 Å². The molecule has 1 N–H and O–H groups in total. The molecule has 0 unspecified atom stereocenters. The number of nitrogens with zero attached hydrogens (tertiary/aromatic N) is 1. The Morgan fingerprint density at radius 1 is 1.67 bits per heavy atom. The van der Waals surface area contributed by atoms with E-state index in [-0.39, 0.29) is 0 Å². The Morgan fingerprint density at radius 2 is 2.67 bits per heavy atom. The summed E-state index contributed by atoms with van der Waals surface area (Å²) >= 11 is 1.67. The van der Waals surface area contributed by atoms with Gasteiger partial charge in [0.05, 0.1) is 0 Å². The lowest BCUT2D eigenvalue weighted by molar-refractivity contribution is 0.640. The molecule has 0 atom stereocenters. The molecule has 3 aromatic heterocycles. The van der Waals surface area contributed by atoms with Crippen molar-refractivity contribution in [2.45, 2.75) is 0 Å². The van der Waals surface area contributed by atoms with Crippen molar-refractivity contribution in [3.05, 3.63) is 5.38 Å². The summed E-state index contributed by atoms with van der Waals surface area (Å²) in [5.74, 6) is 0. The molecule has 3 aromatic rings. The minimum Gasteiger partial charge on any atom is -0.433 e. The quantitative estimate of drug-likeness (QED) is 0.514. The van der Waals surface area contributed by atoms with Gasteiger partial charge < -0.3 is 4.42 Å². The smallest absolute Gasteiger partial charge is 0.256 e. The standard InChI is InChI=1S/C5H2N2OS/c1-2-3-4(9-1)5(8-2)7-6-3/h1H,(H,6,7). The van der Waals surface area contributed by atoms with Gasteiger partial charge in [-0.1, -0.05) is 0 Å². The van der Waals surface area contributed by atoms with Gasteiger partial charge in [0.25, 0.3) is 5.71 Å². The van der Waals surface area contributed by atoms with Gasteiger partial charge in [-0.15, -0.1) is 16.4 Å². The maximum atomic E-state index is 5.21. The summed E-state index contributed by atoms with van der Waals surface area (Å²) in [6.45, 7) is 0. The molecule has 0 saturated heterocycles. The molecule has 0 aromatic carbocycles. The van der Waals surface area contributed by atoms with E-state index in [0.29, 0.717) is 0 Å². The number of aromatic amines is 1. The van der Waals surface area contributed by atoms with Crippen LogP contribution in [0.2, 0.25) is 0 Å². The SMILES string of the molecule is c1sc2c3n[nH]c2c1o3. The maximum Gasteiger partial charge on any atom is 0.256 e. The van der Waals surface area contributed by atoms with E-state index in [9.17, 15) is 0 Å². The number of aromatic nitrogens is 2. The topological polar surface area (TPSA) is 41.8 Å². The molecular formula is C5H2N2OS. The predicted octanol–water partition coefficient (Wildman–Crippen LogP) is 1.81. The van der Waals surface area contributed by atoms with Gasteiger partial charge in [0.15, 0.2) is 5.58 Å². The van der Waals surface area contributed by atoms with Crippen molar-refractivity contribution < 1.29 is 4.42 Å². The Bertz CT molecular complexity index is 394. The average Bonchev–Trinajstić information content (AvgIpc) is 2.50. The molecule has 0 saturated carbocycles. The van der Waals surface area contributed by atoms with Crippen LogP contribution in [0, 0.1) is 0 Å². The fraction of sp³-hybridized carbons (Fsp3) is 0. The first-order valence-electron chi connectivity index (χ1n) is 2.58. The second kappa shape index (κ2) is 0.974. The number of hydrogen-bond acceptors (Lipinski definition) is 3. The second-order valence-corrected chi connectivity index (χ2v) is 2.81. The van der Waals surface area contributed by atoms with E-state index in [0.717, 1.165) is 21.5 Å². The molecule has 44 valence electrons. The van der Waals surface area contributed by atoms with E-state index in [1.165, 1.54) is 0 Å². The summed E-state index contributed by atoms with van der Waals surface area (Å²) in [6.07, 6.45) is 0. The fourth-order valence-corrected chi connectivity index (χ4v) is 1.85. The summed E-state index contributed by atoms with van der Waals surface area (Å²) in [4.78, 5) is 0. The first kappa shape index (κ1) is 3.90. The zero-order valence-electron chi connectivity index (χ0n) is 4.34.